The first-order valence-corrected chi connectivity index (χ1v) is 13.5. The molecule has 0 aromatic heterocycles. The van der Waals surface area contributed by atoms with Crippen LogP contribution in [0.2, 0.25) is 5.02 Å². The van der Waals surface area contributed by atoms with Crippen molar-refractivity contribution < 1.29 is 36.3 Å². The molecule has 1 N–H and O–H groups in total. The number of carbonyl (C=O) groups is 2. The predicted molar refractivity (Wildman–Crippen MR) is 148 cm³/mol. The van der Waals surface area contributed by atoms with Crippen molar-refractivity contribution >= 4 is 63.3 Å². The molecule has 1 atom stereocenters. The molecule has 0 spiro atoms. The van der Waals surface area contributed by atoms with Gasteiger partial charge < -0.3 is 10.1 Å². The summed E-state index contributed by atoms with van der Waals surface area (Å²) in [7, 11) is 0. The van der Waals surface area contributed by atoms with Gasteiger partial charge in [-0.05, 0) is 66.6 Å². The first-order valence-electron chi connectivity index (χ1n) is 11.9. The van der Waals surface area contributed by atoms with Gasteiger partial charge in [-0.15, -0.1) is 8.78 Å². The fourth-order valence-electron chi connectivity index (χ4n) is 3.78. The van der Waals surface area contributed by atoms with Gasteiger partial charge in [-0.25, -0.2) is 4.99 Å². The highest BCUT2D eigenvalue weighted by molar-refractivity contribution is 8.15. The Morgan fingerprint density at radius 3 is 2.37 bits per heavy atom. The lowest BCUT2D eigenvalue weighted by atomic mass is 10.1. The van der Waals surface area contributed by atoms with Crippen LogP contribution in [0.1, 0.15) is 17.5 Å². The van der Waals surface area contributed by atoms with E-state index >= 15 is 0 Å². The standard InChI is InChI=1S/C27H20Cl2F5N3O3S/c28-18-6-4-16(5-7-18)12-13-37-23(38)15-22(24(39)35-19-8-10-21(11-9-19)40-27(29,33)34)41-25(37)36-20-3-1-2-17(14-20)26(30,31)32/h1-11,14,22H,12-13,15H2,(H,35,39)/t22-/m0/s1. The minimum atomic E-state index is -4.59. The quantitative estimate of drug-likeness (QED) is 0.204. The van der Waals surface area contributed by atoms with Gasteiger partial charge in [0.2, 0.25) is 11.8 Å². The molecule has 2 amide bonds. The van der Waals surface area contributed by atoms with Crippen LogP contribution in [0, 0.1) is 0 Å². The SMILES string of the molecule is O=C(Nc1ccc(OC(F)(F)Cl)cc1)[C@@H]1CC(=O)N(CCc2ccc(Cl)cc2)C(=Nc2cccc(C(F)(F)F)c2)S1. The van der Waals surface area contributed by atoms with Crippen LogP contribution in [-0.4, -0.2) is 39.2 Å². The summed E-state index contributed by atoms with van der Waals surface area (Å²) >= 11 is 11.6. The predicted octanol–water partition coefficient (Wildman–Crippen LogP) is 7.73. The molecular weight excluding hydrogens is 612 g/mol. The van der Waals surface area contributed by atoms with Gasteiger partial charge in [-0.3, -0.25) is 14.5 Å². The van der Waals surface area contributed by atoms with Crippen LogP contribution >= 0.6 is 35.0 Å². The smallest absolute Gasteiger partial charge is 0.420 e. The molecular formula is C27H20Cl2F5N3O3S. The highest BCUT2D eigenvalue weighted by Gasteiger charge is 2.36. The summed E-state index contributed by atoms with van der Waals surface area (Å²) in [6, 6.07) is 16.2. The number of nitrogens with zero attached hydrogens (tertiary/aromatic N) is 2. The Hall–Kier alpha value is -3.35. The van der Waals surface area contributed by atoms with Crippen LogP contribution in [0.15, 0.2) is 77.8 Å². The first kappa shape index (κ1) is 30.6. The fraction of sp³-hybridized carbons (Fsp3) is 0.222. The Morgan fingerprint density at radius 1 is 1.05 bits per heavy atom. The number of rotatable bonds is 8. The average molecular weight is 632 g/mol. The minimum Gasteiger partial charge on any atom is -0.420 e. The largest absolute Gasteiger partial charge is 0.487 e. The molecule has 1 fully saturated rings. The zero-order valence-corrected chi connectivity index (χ0v) is 23.1. The number of aliphatic imine (C=N–C) groups is 1. The summed E-state index contributed by atoms with van der Waals surface area (Å²) < 4.78 is 69.7. The van der Waals surface area contributed by atoms with Crippen molar-refractivity contribution in [2.75, 3.05) is 11.9 Å². The molecule has 1 aliphatic heterocycles. The molecule has 0 unspecified atom stereocenters. The molecule has 4 rings (SSSR count). The molecule has 0 aliphatic carbocycles. The summed E-state index contributed by atoms with van der Waals surface area (Å²) in [5.41, 5.74) is -3.76. The monoisotopic (exact) mass is 631 g/mol. The molecule has 3 aromatic carbocycles. The number of anilines is 1. The average Bonchev–Trinajstić information content (AvgIpc) is 2.89. The maximum atomic E-state index is 13.3. The lowest BCUT2D eigenvalue weighted by Crippen LogP contribution is -2.46. The van der Waals surface area contributed by atoms with Gasteiger partial charge in [0.25, 0.3) is 0 Å². The highest BCUT2D eigenvalue weighted by atomic mass is 35.5. The van der Waals surface area contributed by atoms with E-state index in [4.69, 9.17) is 23.2 Å². The zero-order valence-electron chi connectivity index (χ0n) is 20.8. The van der Waals surface area contributed by atoms with Crippen LogP contribution in [0.3, 0.4) is 0 Å². The van der Waals surface area contributed by atoms with Crippen molar-refractivity contribution in [2.24, 2.45) is 4.99 Å². The number of amides is 2. The van der Waals surface area contributed by atoms with E-state index in [0.29, 0.717) is 11.4 Å². The van der Waals surface area contributed by atoms with Crippen LogP contribution in [0.25, 0.3) is 0 Å². The topological polar surface area (TPSA) is 71.0 Å². The number of thioether (sulfide) groups is 1. The van der Waals surface area contributed by atoms with E-state index in [2.05, 4.69) is 15.0 Å². The number of nitrogens with one attached hydrogen (secondary N) is 1. The van der Waals surface area contributed by atoms with Gasteiger partial charge in [0, 0.05) is 35.3 Å². The van der Waals surface area contributed by atoms with Crippen LogP contribution in [0.5, 0.6) is 5.75 Å². The normalized spacial score (nSPS) is 17.0. The molecule has 0 saturated carbocycles. The number of alkyl halides is 6. The summed E-state index contributed by atoms with van der Waals surface area (Å²) in [6.45, 7) is 0.159. The van der Waals surface area contributed by atoms with E-state index in [1.54, 1.807) is 24.3 Å². The summed E-state index contributed by atoms with van der Waals surface area (Å²) in [5.74, 6) is -1.28. The lowest BCUT2D eigenvalue weighted by molar-refractivity contribution is -0.137. The van der Waals surface area contributed by atoms with E-state index in [-0.39, 0.29) is 35.3 Å². The Bertz CT molecular complexity index is 1430. The van der Waals surface area contributed by atoms with E-state index in [0.717, 1.165) is 29.5 Å². The molecule has 6 nitrogen and oxygen atoms in total. The fourth-order valence-corrected chi connectivity index (χ4v) is 5.12. The second-order valence-electron chi connectivity index (χ2n) is 8.74. The third-order valence-electron chi connectivity index (χ3n) is 5.72. The second-order valence-corrected chi connectivity index (χ2v) is 10.8. The summed E-state index contributed by atoms with van der Waals surface area (Å²) in [4.78, 5) is 31.9. The van der Waals surface area contributed by atoms with Crippen LogP contribution in [0.4, 0.5) is 33.3 Å². The third-order valence-corrected chi connectivity index (χ3v) is 7.24. The van der Waals surface area contributed by atoms with Gasteiger partial charge in [-0.2, -0.15) is 13.2 Å². The number of benzene rings is 3. The van der Waals surface area contributed by atoms with Crippen LogP contribution < -0.4 is 10.1 Å². The van der Waals surface area contributed by atoms with E-state index in [1.807, 2.05) is 0 Å². The Morgan fingerprint density at radius 2 is 1.73 bits per heavy atom. The third kappa shape index (κ3) is 8.82. The maximum Gasteiger partial charge on any atom is 0.487 e. The molecule has 3 aromatic rings. The zero-order chi connectivity index (χ0) is 29.8. The Labute approximate surface area is 245 Å². The van der Waals surface area contributed by atoms with Crippen molar-refractivity contribution in [1.82, 2.24) is 4.90 Å². The molecule has 1 heterocycles. The lowest BCUT2D eigenvalue weighted by Gasteiger charge is -2.32. The van der Waals surface area contributed by atoms with Crippen LogP contribution in [-0.2, 0) is 22.2 Å². The number of carbonyl (C=O) groups excluding carboxylic acids is 2. The Balaban J connectivity index is 1.55. The van der Waals surface area contributed by atoms with Gasteiger partial charge in [0.05, 0.1) is 11.3 Å². The molecule has 0 bridgehead atoms. The number of amidine groups is 1. The van der Waals surface area contributed by atoms with Crippen molar-refractivity contribution in [3.05, 3.63) is 88.9 Å². The van der Waals surface area contributed by atoms with E-state index in [1.165, 1.54) is 41.3 Å². The van der Waals surface area contributed by atoms with Gasteiger partial charge in [0.1, 0.15) is 11.0 Å². The van der Waals surface area contributed by atoms with Crippen molar-refractivity contribution in [3.63, 3.8) is 0 Å². The second kappa shape index (κ2) is 12.7. The van der Waals surface area contributed by atoms with E-state index in [9.17, 15) is 31.5 Å². The molecule has 41 heavy (non-hydrogen) atoms. The first-order chi connectivity index (χ1) is 19.3. The molecule has 1 saturated heterocycles. The number of hydrogen-bond donors (Lipinski definition) is 1. The maximum absolute atomic E-state index is 13.3. The minimum absolute atomic E-state index is 0.0423. The van der Waals surface area contributed by atoms with Gasteiger partial charge in [-0.1, -0.05) is 41.6 Å². The molecule has 1 aliphatic rings. The number of ether oxygens (including phenoxy) is 1. The highest BCUT2D eigenvalue weighted by Crippen LogP contribution is 2.34. The molecule has 216 valence electrons. The molecule has 14 heteroatoms. The van der Waals surface area contributed by atoms with Crippen molar-refractivity contribution in [3.8, 4) is 5.75 Å². The van der Waals surface area contributed by atoms with Gasteiger partial charge >= 0.3 is 11.7 Å². The summed E-state index contributed by atoms with van der Waals surface area (Å²) in [6.07, 6.45) is -4.40. The summed E-state index contributed by atoms with van der Waals surface area (Å²) in [5, 5.41) is 2.22. The Kier molecular flexibility index (Phi) is 9.45. The number of hydrogen-bond acceptors (Lipinski definition) is 5. The van der Waals surface area contributed by atoms with Crippen molar-refractivity contribution in [1.29, 1.82) is 0 Å². The van der Waals surface area contributed by atoms with Crippen molar-refractivity contribution in [2.45, 2.75) is 29.8 Å². The number of halogens is 7. The van der Waals surface area contributed by atoms with Gasteiger partial charge in [0.15, 0.2) is 5.17 Å². The van der Waals surface area contributed by atoms with E-state index < -0.39 is 34.4 Å². The molecule has 0 radical (unpaired) electrons.